The summed E-state index contributed by atoms with van der Waals surface area (Å²) >= 11 is 0. The Morgan fingerprint density at radius 1 is 1.46 bits per heavy atom. The van der Waals surface area contributed by atoms with Gasteiger partial charge in [-0.3, -0.25) is 4.18 Å². The van der Waals surface area contributed by atoms with Crippen LogP contribution in [0.5, 0.6) is 0 Å². The molecule has 9 nitrogen and oxygen atoms in total. The molecule has 148 valence electrons. The first kappa shape index (κ1) is 22.3. The van der Waals surface area contributed by atoms with Gasteiger partial charge in [0.25, 0.3) is 5.82 Å². The molecular formula is C16H26N2O7S. The number of unbranched alkanes of at least 4 members (excludes halogenated alkanes) is 1. The average Bonchev–Trinajstić information content (AvgIpc) is 2.58. The molecule has 0 spiro atoms. The molecule has 0 saturated carbocycles. The highest BCUT2D eigenvalue weighted by Crippen LogP contribution is 2.19. The third kappa shape index (κ3) is 6.19. The Labute approximate surface area is 153 Å². The summed E-state index contributed by atoms with van der Waals surface area (Å²) in [4.78, 5) is 24.5. The van der Waals surface area contributed by atoms with E-state index in [0.29, 0.717) is 6.61 Å². The zero-order chi connectivity index (χ0) is 19.9. The number of hydrogen-bond acceptors (Lipinski definition) is 7. The zero-order valence-corrected chi connectivity index (χ0v) is 16.4. The van der Waals surface area contributed by atoms with Crippen LogP contribution in [-0.4, -0.2) is 37.2 Å². The molecule has 0 amide bonds. The van der Waals surface area contributed by atoms with E-state index in [-0.39, 0.29) is 17.2 Å². The van der Waals surface area contributed by atoms with Gasteiger partial charge in [-0.15, -0.1) is 0 Å². The first-order valence-corrected chi connectivity index (χ1v) is 9.78. The molecule has 1 aliphatic rings. The first-order valence-electron chi connectivity index (χ1n) is 8.45. The molecule has 1 aromatic rings. The van der Waals surface area contributed by atoms with Crippen molar-refractivity contribution in [3.8, 4) is 0 Å². The van der Waals surface area contributed by atoms with Crippen molar-refractivity contribution in [3.05, 3.63) is 27.9 Å². The van der Waals surface area contributed by atoms with E-state index in [9.17, 15) is 22.6 Å². The van der Waals surface area contributed by atoms with Crippen molar-refractivity contribution in [1.29, 1.82) is 0 Å². The van der Waals surface area contributed by atoms with Crippen LogP contribution in [0.2, 0.25) is 0 Å². The minimum atomic E-state index is -4.41. The Balaban J connectivity index is 0.000000487. The van der Waals surface area contributed by atoms with Gasteiger partial charge in [0.2, 0.25) is 10.4 Å². The number of aromatic nitrogens is 2. The summed E-state index contributed by atoms with van der Waals surface area (Å²) in [6.45, 7) is 4.43. The minimum Gasteiger partial charge on any atom is -0.726 e. The number of nitrogens with zero attached hydrogens (tertiary/aromatic N) is 2. The lowest BCUT2D eigenvalue weighted by Crippen LogP contribution is -2.48. The van der Waals surface area contributed by atoms with Gasteiger partial charge in [-0.2, -0.15) is 4.57 Å². The predicted octanol–water partition coefficient (Wildman–Crippen LogP) is 0.620. The highest BCUT2D eigenvalue weighted by molar-refractivity contribution is 7.80. The highest BCUT2D eigenvalue weighted by atomic mass is 32.3. The maximum Gasteiger partial charge on any atom is 0.352 e. The van der Waals surface area contributed by atoms with Crippen molar-refractivity contribution in [1.82, 2.24) is 4.57 Å². The van der Waals surface area contributed by atoms with Crippen molar-refractivity contribution < 1.29 is 31.3 Å². The Morgan fingerprint density at radius 3 is 2.62 bits per heavy atom. The van der Waals surface area contributed by atoms with Crippen LogP contribution in [0.4, 0.5) is 0 Å². The molecule has 0 N–H and O–H groups in total. The number of rotatable bonds is 5. The van der Waals surface area contributed by atoms with Crippen molar-refractivity contribution in [2.45, 2.75) is 52.0 Å². The van der Waals surface area contributed by atoms with Gasteiger partial charge in [0.1, 0.15) is 12.2 Å². The van der Waals surface area contributed by atoms with Crippen LogP contribution in [0.3, 0.4) is 0 Å². The van der Waals surface area contributed by atoms with Crippen LogP contribution < -0.4 is 10.1 Å². The summed E-state index contributed by atoms with van der Waals surface area (Å²) in [7, 11) is -1.72. The number of carbonyl (C=O) groups excluding carboxylic acids is 1. The van der Waals surface area contributed by atoms with E-state index in [1.807, 2.05) is 25.5 Å². The van der Waals surface area contributed by atoms with E-state index >= 15 is 0 Å². The topological polar surface area (TPSA) is 119 Å². The molecule has 10 heteroatoms. The quantitative estimate of drug-likeness (QED) is 0.238. The molecule has 0 bridgehead atoms. The first-order chi connectivity index (χ1) is 12.1. The van der Waals surface area contributed by atoms with E-state index in [2.05, 4.69) is 4.18 Å². The number of hydrogen-bond donors (Lipinski definition) is 0. The van der Waals surface area contributed by atoms with Crippen molar-refractivity contribution >= 4 is 16.4 Å². The Morgan fingerprint density at radius 2 is 2.08 bits per heavy atom. The maximum atomic E-state index is 12.5. The van der Waals surface area contributed by atoms with Crippen LogP contribution in [-0.2, 0) is 32.8 Å². The fourth-order valence-corrected chi connectivity index (χ4v) is 2.70. The second kappa shape index (κ2) is 9.79. The average molecular weight is 390 g/mol. The lowest BCUT2D eigenvalue weighted by Gasteiger charge is -2.20. The second-order valence-corrected chi connectivity index (χ2v) is 7.20. The number of aryl methyl sites for hydroxylation is 1. The molecule has 0 fully saturated rings. The monoisotopic (exact) mass is 390 g/mol. The van der Waals surface area contributed by atoms with E-state index in [1.165, 1.54) is 0 Å². The van der Waals surface area contributed by atoms with E-state index in [1.54, 1.807) is 10.8 Å². The smallest absolute Gasteiger partial charge is 0.352 e. The van der Waals surface area contributed by atoms with Crippen LogP contribution in [0, 0.1) is 0 Å². The normalized spacial score (nSPS) is 16.3. The molecule has 1 aromatic heterocycles. The van der Waals surface area contributed by atoms with Crippen LogP contribution in [0.15, 0.2) is 11.0 Å². The Hall–Kier alpha value is -1.78. The molecule has 0 saturated heterocycles. The van der Waals surface area contributed by atoms with Gasteiger partial charge < -0.3 is 9.29 Å². The Kier molecular flexibility index (Phi) is 8.38. The van der Waals surface area contributed by atoms with E-state index in [4.69, 9.17) is 4.74 Å². The van der Waals surface area contributed by atoms with E-state index in [0.717, 1.165) is 45.0 Å². The van der Waals surface area contributed by atoms with Crippen molar-refractivity contribution in [2.75, 3.05) is 13.7 Å². The van der Waals surface area contributed by atoms with Crippen molar-refractivity contribution in [3.63, 3.8) is 0 Å². The van der Waals surface area contributed by atoms with Gasteiger partial charge in [-0.25, -0.2) is 22.6 Å². The predicted molar refractivity (Wildman–Crippen MR) is 91.4 cm³/mol. The van der Waals surface area contributed by atoms with E-state index < -0.39 is 16.4 Å². The van der Waals surface area contributed by atoms with Gasteiger partial charge in [-0.05, 0) is 26.2 Å². The lowest BCUT2D eigenvalue weighted by molar-refractivity contribution is -0.685. The zero-order valence-electron chi connectivity index (χ0n) is 15.6. The fraction of sp³-hybridized carbons (Fsp3) is 0.688. The molecule has 2 rings (SSSR count). The van der Waals surface area contributed by atoms with Crippen molar-refractivity contribution in [2.24, 2.45) is 7.05 Å². The van der Waals surface area contributed by atoms with Gasteiger partial charge in [0, 0.05) is 6.42 Å². The molecule has 2 heterocycles. The summed E-state index contributed by atoms with van der Waals surface area (Å²) in [6.07, 6.45) is 6.32. The fourth-order valence-electron chi connectivity index (χ4n) is 2.70. The summed E-state index contributed by atoms with van der Waals surface area (Å²) in [5.41, 5.74) is -0.0760. The second-order valence-electron chi connectivity index (χ2n) is 6.05. The van der Waals surface area contributed by atoms with Crippen LogP contribution in [0.25, 0.3) is 0 Å². The summed E-state index contributed by atoms with van der Waals surface area (Å²) in [5.74, 6) is 0.478. The van der Waals surface area contributed by atoms with Gasteiger partial charge in [0.15, 0.2) is 5.56 Å². The lowest BCUT2D eigenvalue weighted by atomic mass is 10.0. The molecular weight excluding hydrogens is 364 g/mol. The molecule has 0 aromatic carbocycles. The highest BCUT2D eigenvalue weighted by Gasteiger charge is 2.30. The minimum absolute atomic E-state index is 0.140. The summed E-state index contributed by atoms with van der Waals surface area (Å²) in [6, 6.07) is 0.140. The third-order valence-corrected chi connectivity index (χ3v) is 4.48. The summed E-state index contributed by atoms with van der Waals surface area (Å²) in [5, 5.41) is 0. The molecule has 26 heavy (non-hydrogen) atoms. The molecule has 0 radical (unpaired) electrons. The molecule has 1 aliphatic heterocycles. The number of esters is 1. The summed E-state index contributed by atoms with van der Waals surface area (Å²) < 4.78 is 39.8. The molecule has 1 atom stereocenters. The van der Waals surface area contributed by atoms with Gasteiger partial charge in [-0.1, -0.05) is 13.3 Å². The number of fused-ring (bicyclic) bond motifs is 1. The maximum absolute atomic E-state index is 12.5. The largest absolute Gasteiger partial charge is 0.726 e. The van der Waals surface area contributed by atoms with Gasteiger partial charge in [0.05, 0.1) is 20.8 Å². The van der Waals surface area contributed by atoms with Crippen LogP contribution >= 0.6 is 0 Å². The number of ether oxygens (including phenoxy) is 1. The standard InChI is InChI=1S/C15H23N2O3.CH4O4S/c1-4-5-9-20-15(19)12-10-16(3)13-8-6-7-11(2)17(13)14(12)18;1-5-6(2,3)4/h10-11H,4-9H2,1-3H3;1H3,(H,2,3,4)/q+1;/p-1. The van der Waals surface area contributed by atoms with Crippen LogP contribution in [0.1, 0.15) is 61.8 Å². The van der Waals surface area contributed by atoms with Gasteiger partial charge >= 0.3 is 11.5 Å². The number of carbonyl (C=O) groups is 1. The molecule has 1 unspecified atom stereocenters. The third-order valence-electron chi connectivity index (χ3n) is 4.08. The Bertz CT molecular complexity index is 787. The SMILES string of the molecule is CCCCOC(=O)c1c[n+](C)c2n(c1=O)C(C)CCC2.COS(=O)(=O)[O-]. The molecule has 0 aliphatic carbocycles.